The first-order chi connectivity index (χ1) is 17.9. The summed E-state index contributed by atoms with van der Waals surface area (Å²) in [5.74, 6) is -0.503. The Kier molecular flexibility index (Phi) is 6.57. The predicted octanol–water partition coefficient (Wildman–Crippen LogP) is 5.95. The molecule has 0 saturated heterocycles. The van der Waals surface area contributed by atoms with Gasteiger partial charge in [-0.2, -0.15) is 0 Å². The van der Waals surface area contributed by atoms with Gasteiger partial charge in [0.2, 0.25) is 5.78 Å². The van der Waals surface area contributed by atoms with Crippen LogP contribution in [0, 0.1) is 0 Å². The van der Waals surface area contributed by atoms with E-state index in [1.54, 1.807) is 30.3 Å². The summed E-state index contributed by atoms with van der Waals surface area (Å²) in [4.78, 5) is 29.2. The van der Waals surface area contributed by atoms with Crippen LogP contribution in [-0.2, 0) is 11.3 Å². The van der Waals surface area contributed by atoms with E-state index in [1.165, 1.54) is 43.6 Å². The van der Waals surface area contributed by atoms with Crippen molar-refractivity contribution in [2.45, 2.75) is 12.6 Å². The van der Waals surface area contributed by atoms with E-state index in [0.29, 0.717) is 33.2 Å². The molecule has 1 N–H and O–H groups in total. The summed E-state index contributed by atoms with van der Waals surface area (Å²) >= 11 is 7.54. The number of amides is 1. The summed E-state index contributed by atoms with van der Waals surface area (Å²) in [6.07, 6.45) is 0. The average Bonchev–Trinajstić information content (AvgIpc) is 3.63. The third-order valence-electron chi connectivity index (χ3n) is 6.15. The van der Waals surface area contributed by atoms with Gasteiger partial charge in [-0.3, -0.25) is 9.59 Å². The van der Waals surface area contributed by atoms with Crippen LogP contribution < -0.4 is 14.2 Å². The maximum atomic E-state index is 13.7. The number of carbonyl (C=O) groups excluding carboxylic acids is 2. The zero-order valence-corrected chi connectivity index (χ0v) is 21.7. The molecule has 1 atom stereocenters. The van der Waals surface area contributed by atoms with Crippen molar-refractivity contribution in [1.82, 2.24) is 4.90 Å². The summed E-state index contributed by atoms with van der Waals surface area (Å²) < 4.78 is 21.9. The number of aliphatic hydroxyl groups excluding tert-OH is 1. The fourth-order valence-corrected chi connectivity index (χ4v) is 5.51. The molecule has 0 aliphatic carbocycles. The van der Waals surface area contributed by atoms with Crippen LogP contribution in [0.1, 0.15) is 27.0 Å². The molecule has 0 bridgehead atoms. The Morgan fingerprint density at radius 1 is 1.05 bits per heavy atom. The Balaban J connectivity index is 1.56. The van der Waals surface area contributed by atoms with Crippen LogP contribution in [0.25, 0.3) is 11.0 Å². The van der Waals surface area contributed by atoms with Crippen molar-refractivity contribution in [1.29, 1.82) is 0 Å². The molecule has 0 radical (unpaired) electrons. The number of Topliss-reactive ketones (excluding diaryl/α,β-unsaturated/α-hetero) is 1. The fourth-order valence-electron chi connectivity index (χ4n) is 4.45. The smallest absolute Gasteiger partial charge is 0.290 e. The predicted molar refractivity (Wildman–Crippen MR) is 139 cm³/mol. The molecule has 1 aliphatic rings. The lowest BCUT2D eigenvalue weighted by atomic mass is 10.00. The van der Waals surface area contributed by atoms with E-state index in [9.17, 15) is 14.7 Å². The molecule has 0 spiro atoms. The Morgan fingerprint density at radius 3 is 2.49 bits per heavy atom. The lowest BCUT2D eigenvalue weighted by Crippen LogP contribution is -2.30. The zero-order chi connectivity index (χ0) is 26.3. The van der Waals surface area contributed by atoms with Crippen molar-refractivity contribution < 1.29 is 33.3 Å². The SMILES string of the molecule is COc1ccc(CN2C(=O)C(O)=C(C(=O)c3cc4cc(Cl)cc(OC)c4o3)C2c2cccs2)cc1OC. The second-order valence-electron chi connectivity index (χ2n) is 8.27. The van der Waals surface area contributed by atoms with Crippen LogP contribution >= 0.6 is 22.9 Å². The van der Waals surface area contributed by atoms with E-state index in [0.717, 1.165) is 10.4 Å². The Morgan fingerprint density at radius 2 is 1.81 bits per heavy atom. The number of halogens is 1. The Hall–Kier alpha value is -3.95. The molecule has 3 heterocycles. The summed E-state index contributed by atoms with van der Waals surface area (Å²) in [7, 11) is 4.53. The van der Waals surface area contributed by atoms with Gasteiger partial charge < -0.3 is 28.6 Å². The maximum Gasteiger partial charge on any atom is 0.290 e. The molecule has 8 nitrogen and oxygen atoms in total. The van der Waals surface area contributed by atoms with Crippen molar-refractivity contribution in [3.8, 4) is 17.2 Å². The Bertz CT molecular complexity index is 1540. The quantitative estimate of drug-likeness (QED) is 0.276. The number of hydrogen-bond acceptors (Lipinski definition) is 8. The van der Waals surface area contributed by atoms with Gasteiger partial charge in [0, 0.05) is 27.9 Å². The van der Waals surface area contributed by atoms with Crippen molar-refractivity contribution in [3.63, 3.8) is 0 Å². The van der Waals surface area contributed by atoms with Gasteiger partial charge in [0.25, 0.3) is 5.91 Å². The number of aliphatic hydroxyl groups is 1. The fraction of sp³-hybridized carbons (Fsp3) is 0.185. The Labute approximate surface area is 221 Å². The minimum absolute atomic E-state index is 0.0422. The summed E-state index contributed by atoms with van der Waals surface area (Å²) in [5, 5.41) is 13.8. The van der Waals surface area contributed by atoms with Crippen molar-refractivity contribution >= 4 is 45.6 Å². The highest BCUT2D eigenvalue weighted by Gasteiger charge is 2.45. The van der Waals surface area contributed by atoms with Crippen LogP contribution in [0.2, 0.25) is 5.02 Å². The van der Waals surface area contributed by atoms with Gasteiger partial charge in [0.15, 0.2) is 34.4 Å². The van der Waals surface area contributed by atoms with Crippen molar-refractivity contribution in [2.24, 2.45) is 0 Å². The summed E-state index contributed by atoms with van der Waals surface area (Å²) in [6.45, 7) is 0.117. The molecule has 37 heavy (non-hydrogen) atoms. The van der Waals surface area contributed by atoms with Crippen LogP contribution in [0.3, 0.4) is 0 Å². The molecule has 2 aromatic heterocycles. The topological polar surface area (TPSA) is 98.4 Å². The second-order valence-corrected chi connectivity index (χ2v) is 9.68. The molecule has 4 aromatic rings. The molecular weight excluding hydrogens is 518 g/mol. The zero-order valence-electron chi connectivity index (χ0n) is 20.1. The highest BCUT2D eigenvalue weighted by atomic mass is 35.5. The third kappa shape index (κ3) is 4.30. The number of hydrogen-bond donors (Lipinski definition) is 1. The molecular formula is C27H22ClNO7S. The number of benzene rings is 2. The van der Waals surface area contributed by atoms with Gasteiger partial charge in [-0.05, 0) is 41.3 Å². The van der Waals surface area contributed by atoms with Crippen LogP contribution in [0.5, 0.6) is 17.2 Å². The molecule has 190 valence electrons. The van der Waals surface area contributed by atoms with E-state index in [1.807, 2.05) is 17.5 Å². The summed E-state index contributed by atoms with van der Waals surface area (Å²) in [5.41, 5.74) is 1.02. The van der Waals surface area contributed by atoms with Crippen molar-refractivity contribution in [2.75, 3.05) is 21.3 Å². The van der Waals surface area contributed by atoms with Gasteiger partial charge in [-0.25, -0.2) is 0 Å². The van der Waals surface area contributed by atoms with Crippen LogP contribution in [0.15, 0.2) is 69.7 Å². The molecule has 5 rings (SSSR count). The molecule has 2 aromatic carbocycles. The minimum Gasteiger partial charge on any atom is -0.503 e. The number of ketones is 1. The van der Waals surface area contributed by atoms with E-state index < -0.39 is 23.5 Å². The van der Waals surface area contributed by atoms with Gasteiger partial charge in [-0.15, -0.1) is 11.3 Å². The van der Waals surface area contributed by atoms with Crippen molar-refractivity contribution in [3.05, 3.63) is 86.5 Å². The molecule has 1 amide bonds. The lowest BCUT2D eigenvalue weighted by Gasteiger charge is -2.26. The van der Waals surface area contributed by atoms with Crippen LogP contribution in [0.4, 0.5) is 0 Å². The number of rotatable bonds is 8. The second kappa shape index (κ2) is 9.84. The van der Waals surface area contributed by atoms with Gasteiger partial charge in [-0.1, -0.05) is 23.7 Å². The molecule has 1 unspecified atom stereocenters. The monoisotopic (exact) mass is 539 g/mol. The normalized spacial score (nSPS) is 15.5. The minimum atomic E-state index is -0.813. The number of furan rings is 1. The van der Waals surface area contributed by atoms with Gasteiger partial charge in [0.05, 0.1) is 26.9 Å². The van der Waals surface area contributed by atoms with Gasteiger partial charge in [0.1, 0.15) is 6.04 Å². The van der Waals surface area contributed by atoms with E-state index in [4.69, 9.17) is 30.2 Å². The number of fused-ring (bicyclic) bond motifs is 1. The molecule has 0 saturated carbocycles. The molecule has 10 heteroatoms. The van der Waals surface area contributed by atoms with E-state index >= 15 is 0 Å². The molecule has 1 aliphatic heterocycles. The number of thiophene rings is 1. The van der Waals surface area contributed by atoms with Crippen LogP contribution in [-0.4, -0.2) is 43.0 Å². The first-order valence-electron chi connectivity index (χ1n) is 11.2. The highest BCUT2D eigenvalue weighted by Crippen LogP contribution is 2.43. The first kappa shape index (κ1) is 24.7. The number of carbonyl (C=O) groups is 2. The number of methoxy groups -OCH3 is 3. The van der Waals surface area contributed by atoms with Gasteiger partial charge >= 0.3 is 0 Å². The number of ether oxygens (including phenoxy) is 3. The first-order valence-corrected chi connectivity index (χ1v) is 12.4. The standard InChI is InChI=1S/C27H22ClNO7S/c1-33-17-7-6-14(9-18(17)34-2)13-29-23(21-5-4-8-37-21)22(25(31)27(29)32)24(30)19-11-15-10-16(28)12-20(35-3)26(15)36-19/h4-12,23,31H,13H2,1-3H3. The largest absolute Gasteiger partial charge is 0.503 e. The lowest BCUT2D eigenvalue weighted by molar-refractivity contribution is -0.130. The third-order valence-corrected chi connectivity index (χ3v) is 7.30. The summed E-state index contributed by atoms with van der Waals surface area (Å²) in [6, 6.07) is 12.9. The van der Waals surface area contributed by atoms with E-state index in [-0.39, 0.29) is 17.9 Å². The molecule has 0 fully saturated rings. The maximum absolute atomic E-state index is 13.7. The number of nitrogens with zero attached hydrogens (tertiary/aromatic N) is 1. The van der Waals surface area contributed by atoms with E-state index in [2.05, 4.69) is 0 Å². The average molecular weight is 540 g/mol. The highest BCUT2D eigenvalue weighted by molar-refractivity contribution is 7.10.